The van der Waals surface area contributed by atoms with E-state index in [1.165, 1.54) is 51.7 Å². The highest BCUT2D eigenvalue weighted by molar-refractivity contribution is 14.0. The summed E-state index contributed by atoms with van der Waals surface area (Å²) < 4.78 is 0. The van der Waals surface area contributed by atoms with Gasteiger partial charge in [0.05, 0.1) is 0 Å². The van der Waals surface area contributed by atoms with Crippen molar-refractivity contribution in [1.29, 1.82) is 0 Å². The lowest BCUT2D eigenvalue weighted by molar-refractivity contribution is -0.119. The number of halogens is 1. The van der Waals surface area contributed by atoms with Crippen LogP contribution in [0.25, 0.3) is 0 Å². The van der Waals surface area contributed by atoms with Crippen LogP contribution in [0, 0.1) is 5.92 Å². The van der Waals surface area contributed by atoms with Gasteiger partial charge in [0.25, 0.3) is 0 Å². The largest absolute Gasteiger partial charge is 0.370 e. The summed E-state index contributed by atoms with van der Waals surface area (Å²) in [7, 11) is 0. The van der Waals surface area contributed by atoms with Gasteiger partial charge in [-0.15, -0.1) is 24.0 Å². The number of carbonyl (C=O) groups excluding carboxylic acids is 1. The Morgan fingerprint density at radius 1 is 1.11 bits per heavy atom. The molecule has 3 N–H and O–H groups in total. The average Bonchev–Trinajstić information content (AvgIpc) is 2.64. The van der Waals surface area contributed by atoms with Crippen molar-refractivity contribution in [3.63, 3.8) is 0 Å². The van der Waals surface area contributed by atoms with Gasteiger partial charge in [0.1, 0.15) is 0 Å². The standard InChI is InChI=1S/C20H39N5O.HI/c1-2-22-20(25-15-9-10-18(17-25)16-19(21)26)23-11-5-3-6-12-24-13-7-4-8-14-24;/h18H,2-17H2,1H3,(H2,21,26)(H,22,23);1H. The number of nitrogens with one attached hydrogen (secondary N) is 1. The molecular weight excluding hydrogens is 453 g/mol. The van der Waals surface area contributed by atoms with Crippen LogP contribution in [0.3, 0.4) is 0 Å². The van der Waals surface area contributed by atoms with E-state index >= 15 is 0 Å². The maximum atomic E-state index is 11.2. The highest BCUT2D eigenvalue weighted by Crippen LogP contribution is 2.19. The molecule has 158 valence electrons. The average molecular weight is 493 g/mol. The lowest BCUT2D eigenvalue weighted by atomic mass is 9.95. The minimum atomic E-state index is -0.188. The number of guanidine groups is 1. The van der Waals surface area contributed by atoms with E-state index in [4.69, 9.17) is 10.7 Å². The zero-order valence-electron chi connectivity index (χ0n) is 17.1. The van der Waals surface area contributed by atoms with Gasteiger partial charge in [-0.1, -0.05) is 12.8 Å². The van der Waals surface area contributed by atoms with Crippen LogP contribution in [0.5, 0.6) is 0 Å². The van der Waals surface area contributed by atoms with Gasteiger partial charge in [-0.05, 0) is 71.0 Å². The van der Waals surface area contributed by atoms with Crippen molar-refractivity contribution in [3.8, 4) is 0 Å². The van der Waals surface area contributed by atoms with Crippen LogP contribution in [0.2, 0.25) is 0 Å². The number of likely N-dealkylation sites (tertiary alicyclic amines) is 2. The summed E-state index contributed by atoms with van der Waals surface area (Å²) in [6.45, 7) is 9.64. The molecule has 2 rings (SSSR count). The molecule has 0 aromatic rings. The van der Waals surface area contributed by atoms with E-state index in [9.17, 15) is 4.79 Å². The van der Waals surface area contributed by atoms with E-state index in [2.05, 4.69) is 22.0 Å². The maximum absolute atomic E-state index is 11.2. The molecule has 0 aliphatic carbocycles. The highest BCUT2D eigenvalue weighted by Gasteiger charge is 2.23. The van der Waals surface area contributed by atoms with E-state index in [0.717, 1.165) is 51.4 Å². The molecule has 0 bridgehead atoms. The van der Waals surface area contributed by atoms with Gasteiger partial charge in [-0.2, -0.15) is 0 Å². The van der Waals surface area contributed by atoms with E-state index in [1.54, 1.807) is 0 Å². The Kier molecular flexibility index (Phi) is 13.1. The number of unbranched alkanes of at least 4 members (excludes halogenated alkanes) is 2. The molecule has 2 saturated heterocycles. The third kappa shape index (κ3) is 9.96. The summed E-state index contributed by atoms with van der Waals surface area (Å²) >= 11 is 0. The summed E-state index contributed by atoms with van der Waals surface area (Å²) in [5, 5.41) is 3.42. The van der Waals surface area contributed by atoms with Crippen molar-refractivity contribution in [2.45, 2.75) is 64.7 Å². The molecule has 2 aliphatic heterocycles. The number of hydrogen-bond donors (Lipinski definition) is 2. The molecule has 27 heavy (non-hydrogen) atoms. The lowest BCUT2D eigenvalue weighted by Crippen LogP contribution is -2.47. The number of amides is 1. The lowest BCUT2D eigenvalue weighted by Gasteiger charge is -2.34. The van der Waals surface area contributed by atoms with Crippen molar-refractivity contribution >= 4 is 35.8 Å². The van der Waals surface area contributed by atoms with Gasteiger partial charge in [0.15, 0.2) is 5.96 Å². The SMILES string of the molecule is CCNC(=NCCCCCN1CCCCC1)N1CCCC(CC(N)=O)C1.I. The Morgan fingerprint density at radius 3 is 2.59 bits per heavy atom. The Labute approximate surface area is 182 Å². The Morgan fingerprint density at radius 2 is 1.89 bits per heavy atom. The molecule has 0 aromatic heterocycles. The van der Waals surface area contributed by atoms with Gasteiger partial charge in [0.2, 0.25) is 5.91 Å². The third-order valence-corrected chi connectivity index (χ3v) is 5.49. The highest BCUT2D eigenvalue weighted by atomic mass is 127. The summed E-state index contributed by atoms with van der Waals surface area (Å²) in [6.07, 6.45) is 10.6. The number of nitrogens with two attached hydrogens (primary N) is 1. The molecule has 2 aliphatic rings. The fourth-order valence-corrected chi connectivity index (χ4v) is 4.13. The van der Waals surface area contributed by atoms with Crippen LogP contribution >= 0.6 is 24.0 Å². The molecule has 1 atom stereocenters. The number of rotatable bonds is 9. The second-order valence-corrected chi connectivity index (χ2v) is 7.82. The monoisotopic (exact) mass is 493 g/mol. The summed E-state index contributed by atoms with van der Waals surface area (Å²) in [6, 6.07) is 0. The first-order valence-corrected chi connectivity index (χ1v) is 10.7. The molecule has 6 nitrogen and oxygen atoms in total. The van der Waals surface area contributed by atoms with E-state index in [1.807, 2.05) is 0 Å². The summed E-state index contributed by atoms with van der Waals surface area (Å²) in [5.41, 5.74) is 5.38. The number of nitrogens with zero attached hydrogens (tertiary/aromatic N) is 3. The zero-order valence-corrected chi connectivity index (χ0v) is 19.5. The van der Waals surface area contributed by atoms with Crippen molar-refractivity contribution in [3.05, 3.63) is 0 Å². The second-order valence-electron chi connectivity index (χ2n) is 7.82. The fraction of sp³-hybridized carbons (Fsp3) is 0.900. The van der Waals surface area contributed by atoms with Gasteiger partial charge in [-0.3, -0.25) is 9.79 Å². The smallest absolute Gasteiger partial charge is 0.217 e. The summed E-state index contributed by atoms with van der Waals surface area (Å²) in [5.74, 6) is 1.19. The topological polar surface area (TPSA) is 74.0 Å². The molecule has 0 aromatic carbocycles. The van der Waals surface area contributed by atoms with Gasteiger partial charge >= 0.3 is 0 Å². The number of piperidine rings is 2. The Balaban J connectivity index is 0.00000364. The van der Waals surface area contributed by atoms with Gasteiger partial charge in [0, 0.05) is 32.6 Å². The zero-order chi connectivity index (χ0) is 18.6. The molecule has 2 fully saturated rings. The first-order chi connectivity index (χ1) is 12.7. The molecule has 2 heterocycles. The van der Waals surface area contributed by atoms with Gasteiger partial charge in [-0.25, -0.2) is 0 Å². The molecule has 1 amide bonds. The van der Waals surface area contributed by atoms with Crippen molar-refractivity contribution in [2.24, 2.45) is 16.6 Å². The van der Waals surface area contributed by atoms with Crippen molar-refractivity contribution < 1.29 is 4.79 Å². The van der Waals surface area contributed by atoms with Crippen LogP contribution in [0.1, 0.15) is 64.7 Å². The van der Waals surface area contributed by atoms with E-state index in [-0.39, 0.29) is 29.9 Å². The number of hydrogen-bond acceptors (Lipinski definition) is 3. The molecule has 0 spiro atoms. The van der Waals surface area contributed by atoms with Crippen LogP contribution in [-0.2, 0) is 4.79 Å². The Bertz CT molecular complexity index is 440. The predicted octanol–water partition coefficient (Wildman–Crippen LogP) is 2.81. The van der Waals surface area contributed by atoms with Crippen LogP contribution in [0.15, 0.2) is 4.99 Å². The van der Waals surface area contributed by atoms with E-state index < -0.39 is 0 Å². The molecule has 1 unspecified atom stereocenters. The summed E-state index contributed by atoms with van der Waals surface area (Å²) in [4.78, 5) is 21.0. The maximum Gasteiger partial charge on any atom is 0.217 e. The Hall–Kier alpha value is -0.570. The quantitative estimate of drug-likeness (QED) is 0.224. The normalized spacial score (nSPS) is 21.6. The minimum Gasteiger partial charge on any atom is -0.370 e. The fourth-order valence-electron chi connectivity index (χ4n) is 4.13. The van der Waals surface area contributed by atoms with Crippen LogP contribution in [-0.4, -0.2) is 67.5 Å². The van der Waals surface area contributed by atoms with Gasteiger partial charge < -0.3 is 20.9 Å². The van der Waals surface area contributed by atoms with E-state index in [0.29, 0.717) is 12.3 Å². The molecule has 0 radical (unpaired) electrons. The van der Waals surface area contributed by atoms with Crippen molar-refractivity contribution in [1.82, 2.24) is 15.1 Å². The molecule has 7 heteroatoms. The predicted molar refractivity (Wildman–Crippen MR) is 124 cm³/mol. The van der Waals surface area contributed by atoms with Crippen molar-refractivity contribution in [2.75, 3.05) is 45.8 Å². The van der Waals surface area contributed by atoms with Crippen LogP contribution < -0.4 is 11.1 Å². The first kappa shape index (κ1) is 24.5. The molecule has 0 saturated carbocycles. The number of primary amides is 1. The second kappa shape index (κ2) is 14.4. The number of aliphatic imine (C=N–C) groups is 1. The first-order valence-electron chi connectivity index (χ1n) is 10.7. The third-order valence-electron chi connectivity index (χ3n) is 5.49. The number of carbonyl (C=O) groups is 1. The minimum absolute atomic E-state index is 0. The molecular formula is C20H40IN5O. The van der Waals surface area contributed by atoms with Crippen LogP contribution in [0.4, 0.5) is 0 Å².